The highest BCUT2D eigenvalue weighted by Crippen LogP contribution is 2.19. The molecule has 102 valence electrons. The Bertz CT molecular complexity index is 589. The number of ether oxygens (including phenoxy) is 1. The van der Waals surface area contributed by atoms with Crippen LogP contribution in [0.25, 0.3) is 0 Å². The molecule has 0 heterocycles. The first-order valence-electron chi connectivity index (χ1n) is 6.11. The lowest BCUT2D eigenvalue weighted by atomic mass is 10.1. The van der Waals surface area contributed by atoms with Crippen molar-refractivity contribution in [2.75, 3.05) is 0 Å². The monoisotopic (exact) mass is 269 g/mol. The van der Waals surface area contributed by atoms with Crippen LogP contribution in [0.2, 0.25) is 0 Å². The first-order chi connectivity index (χ1) is 9.59. The SMILES string of the molecule is CC(=O)c1ccccc1COc1ccccc1C(=O)[O-]. The quantitative estimate of drug-likeness (QED) is 0.777. The molecule has 0 aliphatic heterocycles. The maximum absolute atomic E-state index is 11.5. The van der Waals surface area contributed by atoms with Crippen LogP contribution in [0.5, 0.6) is 5.75 Å². The molecule has 0 amide bonds. The molecule has 2 aromatic rings. The van der Waals surface area contributed by atoms with Gasteiger partial charge in [-0.2, -0.15) is 0 Å². The molecule has 0 radical (unpaired) electrons. The van der Waals surface area contributed by atoms with Crippen LogP contribution in [0.4, 0.5) is 0 Å². The van der Waals surface area contributed by atoms with Crippen LogP contribution in [0.3, 0.4) is 0 Å². The minimum absolute atomic E-state index is 0.00666. The molecule has 2 aromatic carbocycles. The van der Waals surface area contributed by atoms with Crippen molar-refractivity contribution < 1.29 is 19.4 Å². The zero-order valence-corrected chi connectivity index (χ0v) is 11.0. The van der Waals surface area contributed by atoms with Crippen molar-refractivity contribution in [2.24, 2.45) is 0 Å². The third-order valence-electron chi connectivity index (χ3n) is 2.89. The Labute approximate surface area is 116 Å². The number of aromatic carboxylic acids is 1. The molecular formula is C16H13O4-. The zero-order chi connectivity index (χ0) is 14.5. The summed E-state index contributed by atoms with van der Waals surface area (Å²) < 4.78 is 5.50. The van der Waals surface area contributed by atoms with E-state index in [2.05, 4.69) is 0 Å². The molecule has 0 saturated heterocycles. The van der Waals surface area contributed by atoms with Gasteiger partial charge in [0.15, 0.2) is 5.78 Å². The van der Waals surface area contributed by atoms with Crippen LogP contribution >= 0.6 is 0 Å². The van der Waals surface area contributed by atoms with Crippen molar-refractivity contribution in [3.8, 4) is 5.75 Å². The Kier molecular flexibility index (Phi) is 4.15. The van der Waals surface area contributed by atoms with E-state index in [1.165, 1.54) is 13.0 Å². The fourth-order valence-electron chi connectivity index (χ4n) is 1.91. The molecule has 0 atom stereocenters. The van der Waals surface area contributed by atoms with E-state index in [4.69, 9.17) is 4.74 Å². The third kappa shape index (κ3) is 3.03. The summed E-state index contributed by atoms with van der Waals surface area (Å²) in [6.07, 6.45) is 0. The lowest BCUT2D eigenvalue weighted by Crippen LogP contribution is -2.23. The van der Waals surface area contributed by atoms with Crippen LogP contribution < -0.4 is 9.84 Å². The fraction of sp³-hybridized carbons (Fsp3) is 0.125. The number of hydrogen-bond acceptors (Lipinski definition) is 4. The molecule has 0 aliphatic rings. The van der Waals surface area contributed by atoms with Crippen LogP contribution in [-0.4, -0.2) is 11.8 Å². The Morgan fingerprint density at radius 1 is 1.00 bits per heavy atom. The molecule has 2 rings (SSSR count). The van der Waals surface area contributed by atoms with Crippen molar-refractivity contribution in [3.05, 3.63) is 65.2 Å². The predicted molar refractivity (Wildman–Crippen MR) is 71.6 cm³/mol. The van der Waals surface area contributed by atoms with Crippen molar-refractivity contribution >= 4 is 11.8 Å². The van der Waals surface area contributed by atoms with Gasteiger partial charge in [0.1, 0.15) is 12.4 Å². The lowest BCUT2D eigenvalue weighted by molar-refractivity contribution is -0.255. The molecular weight excluding hydrogens is 256 g/mol. The van der Waals surface area contributed by atoms with E-state index >= 15 is 0 Å². The summed E-state index contributed by atoms with van der Waals surface area (Å²) in [5.41, 5.74) is 1.28. The molecule has 0 N–H and O–H groups in total. The zero-order valence-electron chi connectivity index (χ0n) is 11.0. The topological polar surface area (TPSA) is 66.4 Å². The minimum atomic E-state index is -1.29. The second kappa shape index (κ2) is 6.02. The Hall–Kier alpha value is -2.62. The summed E-state index contributed by atoms with van der Waals surface area (Å²) in [6.45, 7) is 1.61. The number of benzene rings is 2. The number of ketones is 1. The van der Waals surface area contributed by atoms with Gasteiger partial charge in [0.05, 0.1) is 5.97 Å². The van der Waals surface area contributed by atoms with Gasteiger partial charge in [0, 0.05) is 16.7 Å². The van der Waals surface area contributed by atoms with E-state index in [1.807, 2.05) is 0 Å². The van der Waals surface area contributed by atoms with Gasteiger partial charge in [-0.3, -0.25) is 4.79 Å². The number of carbonyl (C=O) groups excluding carboxylic acids is 2. The lowest BCUT2D eigenvalue weighted by Gasteiger charge is -2.13. The van der Waals surface area contributed by atoms with Gasteiger partial charge in [-0.25, -0.2) is 0 Å². The number of carboxylic acids is 1. The molecule has 0 aliphatic carbocycles. The van der Waals surface area contributed by atoms with E-state index < -0.39 is 5.97 Å². The Balaban J connectivity index is 2.22. The second-order valence-electron chi connectivity index (χ2n) is 4.29. The average molecular weight is 269 g/mol. The minimum Gasteiger partial charge on any atom is -0.545 e. The first kappa shape index (κ1) is 13.8. The molecule has 20 heavy (non-hydrogen) atoms. The molecule has 0 bridgehead atoms. The fourth-order valence-corrected chi connectivity index (χ4v) is 1.91. The van der Waals surface area contributed by atoms with Crippen molar-refractivity contribution in [3.63, 3.8) is 0 Å². The number of carbonyl (C=O) groups is 2. The van der Waals surface area contributed by atoms with E-state index in [0.29, 0.717) is 11.1 Å². The van der Waals surface area contributed by atoms with E-state index in [1.54, 1.807) is 42.5 Å². The largest absolute Gasteiger partial charge is 0.545 e. The molecule has 0 aromatic heterocycles. The highest BCUT2D eigenvalue weighted by atomic mass is 16.5. The standard InChI is InChI=1S/C16H14O4/c1-11(17)13-7-3-2-6-12(13)10-20-15-9-5-4-8-14(15)16(18)19/h2-9H,10H2,1H3,(H,18,19)/p-1. The number of Topliss-reactive ketones (excluding diaryl/α,β-unsaturated/α-hetero) is 1. The molecule has 0 fully saturated rings. The van der Waals surface area contributed by atoms with Gasteiger partial charge in [-0.05, 0) is 19.1 Å². The predicted octanol–water partition coefficient (Wildman–Crippen LogP) is 1.83. The summed E-state index contributed by atoms with van der Waals surface area (Å²) >= 11 is 0. The second-order valence-corrected chi connectivity index (χ2v) is 4.29. The summed E-state index contributed by atoms with van der Waals surface area (Å²) in [4.78, 5) is 22.5. The van der Waals surface area contributed by atoms with Crippen molar-refractivity contribution in [2.45, 2.75) is 13.5 Å². The number of para-hydroxylation sites is 1. The van der Waals surface area contributed by atoms with Crippen molar-refractivity contribution in [1.82, 2.24) is 0 Å². The molecule has 4 nitrogen and oxygen atoms in total. The highest BCUT2D eigenvalue weighted by Gasteiger charge is 2.08. The average Bonchev–Trinajstić information content (AvgIpc) is 2.45. The van der Waals surface area contributed by atoms with Gasteiger partial charge in [0.25, 0.3) is 0 Å². The van der Waals surface area contributed by atoms with E-state index in [9.17, 15) is 14.7 Å². The van der Waals surface area contributed by atoms with E-state index in [-0.39, 0.29) is 23.7 Å². The number of rotatable bonds is 5. The van der Waals surface area contributed by atoms with Crippen LogP contribution in [0, 0.1) is 0 Å². The normalized spacial score (nSPS) is 10.1. The van der Waals surface area contributed by atoms with E-state index in [0.717, 1.165) is 0 Å². The van der Waals surface area contributed by atoms with Gasteiger partial charge >= 0.3 is 0 Å². The molecule has 0 spiro atoms. The highest BCUT2D eigenvalue weighted by molar-refractivity contribution is 5.95. The molecule has 0 unspecified atom stereocenters. The Morgan fingerprint density at radius 3 is 2.25 bits per heavy atom. The van der Waals surface area contributed by atoms with Gasteiger partial charge in [-0.15, -0.1) is 0 Å². The smallest absolute Gasteiger partial charge is 0.160 e. The summed E-state index contributed by atoms with van der Waals surface area (Å²) in [5.74, 6) is -1.12. The summed E-state index contributed by atoms with van der Waals surface area (Å²) in [5, 5.41) is 11.0. The van der Waals surface area contributed by atoms with Crippen LogP contribution in [0.1, 0.15) is 33.2 Å². The molecule has 0 saturated carbocycles. The maximum atomic E-state index is 11.5. The van der Waals surface area contributed by atoms with Crippen LogP contribution in [0.15, 0.2) is 48.5 Å². The maximum Gasteiger partial charge on any atom is 0.160 e. The molecule has 4 heteroatoms. The van der Waals surface area contributed by atoms with Crippen molar-refractivity contribution in [1.29, 1.82) is 0 Å². The summed E-state index contributed by atoms with van der Waals surface area (Å²) in [7, 11) is 0. The number of carboxylic acid groups (broad SMARTS) is 1. The van der Waals surface area contributed by atoms with Gasteiger partial charge < -0.3 is 14.6 Å². The third-order valence-corrected chi connectivity index (χ3v) is 2.89. The first-order valence-corrected chi connectivity index (χ1v) is 6.11. The van der Waals surface area contributed by atoms with Gasteiger partial charge in [0.2, 0.25) is 0 Å². The van der Waals surface area contributed by atoms with Crippen LogP contribution in [-0.2, 0) is 6.61 Å². The van der Waals surface area contributed by atoms with Gasteiger partial charge in [-0.1, -0.05) is 36.4 Å². The Morgan fingerprint density at radius 2 is 1.60 bits per heavy atom. The summed E-state index contributed by atoms with van der Waals surface area (Å²) in [6, 6.07) is 13.3. The number of hydrogen-bond donors (Lipinski definition) is 0.